The van der Waals surface area contributed by atoms with Gasteiger partial charge in [-0.25, -0.2) is 0 Å². The molecule has 0 aromatic carbocycles. The van der Waals surface area contributed by atoms with Gasteiger partial charge in [-0.05, 0) is 39.1 Å². The highest BCUT2D eigenvalue weighted by Crippen LogP contribution is 2.17. The minimum Gasteiger partial charge on any atom is -0.388 e. The van der Waals surface area contributed by atoms with Crippen LogP contribution in [-0.4, -0.2) is 60.4 Å². The molecule has 0 aliphatic carbocycles. The zero-order chi connectivity index (χ0) is 27.3. The minimum atomic E-state index is -0.519. The number of unbranched alkanes of at least 4 members (excludes halogenated alkanes) is 1. The molecule has 2 atom stereocenters. The minimum absolute atomic E-state index is 0.0291. The van der Waals surface area contributed by atoms with Gasteiger partial charge in [-0.3, -0.25) is 14.8 Å². The molecule has 0 saturated carbocycles. The summed E-state index contributed by atoms with van der Waals surface area (Å²) in [6.07, 6.45) is 14.7. The quantitative estimate of drug-likeness (QED) is 0.149. The maximum Gasteiger partial charge on any atom is 0.226 e. The summed E-state index contributed by atoms with van der Waals surface area (Å²) in [6.45, 7) is 19.2. The van der Waals surface area contributed by atoms with Crippen molar-refractivity contribution in [2.45, 2.75) is 79.9 Å². The summed E-state index contributed by atoms with van der Waals surface area (Å²) < 4.78 is 0. The van der Waals surface area contributed by atoms with E-state index >= 15 is 0 Å². The van der Waals surface area contributed by atoms with Gasteiger partial charge in [0, 0.05) is 18.0 Å². The number of amidine groups is 1. The van der Waals surface area contributed by atoms with Gasteiger partial charge in [-0.15, -0.1) is 0 Å². The molecule has 7 nitrogen and oxygen atoms in total. The average molecular weight is 510 g/mol. The maximum absolute atomic E-state index is 12.1. The number of carbonyl (C=O) groups excluding carboxylic acids is 1. The molecule has 0 aromatic rings. The second kappa shape index (κ2) is 29.9. The van der Waals surface area contributed by atoms with E-state index in [0.29, 0.717) is 24.7 Å². The Balaban J connectivity index is -0.00000158. The predicted molar refractivity (Wildman–Crippen MR) is 158 cm³/mol. The third kappa shape index (κ3) is 24.8. The van der Waals surface area contributed by atoms with Crippen molar-refractivity contribution in [2.24, 2.45) is 15.7 Å². The lowest BCUT2D eigenvalue weighted by Gasteiger charge is -2.08. The number of nitrogens with two attached hydrogens (primary N) is 1. The lowest BCUT2D eigenvalue weighted by molar-refractivity contribution is -0.120. The van der Waals surface area contributed by atoms with Crippen molar-refractivity contribution in [1.29, 1.82) is 0 Å². The van der Waals surface area contributed by atoms with Crippen LogP contribution in [0.1, 0.15) is 67.7 Å². The Morgan fingerprint density at radius 1 is 1.26 bits per heavy atom. The Hall–Kier alpha value is -2.16. The van der Waals surface area contributed by atoms with Crippen LogP contribution in [0.4, 0.5) is 0 Å². The fraction of sp³-hybridized carbons (Fsp3) is 0.593. The van der Waals surface area contributed by atoms with Gasteiger partial charge < -0.3 is 21.5 Å². The largest absolute Gasteiger partial charge is 0.388 e. The third-order valence-corrected chi connectivity index (χ3v) is 4.89. The van der Waals surface area contributed by atoms with E-state index in [1.165, 1.54) is 11.8 Å². The van der Waals surface area contributed by atoms with Gasteiger partial charge in [0.1, 0.15) is 0 Å². The molecule has 0 spiro atoms. The smallest absolute Gasteiger partial charge is 0.226 e. The van der Waals surface area contributed by atoms with Crippen LogP contribution in [0.15, 0.2) is 58.2 Å². The van der Waals surface area contributed by atoms with Crippen LogP contribution in [0.2, 0.25) is 0 Å². The highest BCUT2D eigenvalue weighted by molar-refractivity contribution is 8.14. The van der Waals surface area contributed by atoms with Gasteiger partial charge in [0.05, 0.1) is 25.1 Å². The molecule has 0 saturated heterocycles. The lowest BCUT2D eigenvalue weighted by atomic mass is 10.2. The van der Waals surface area contributed by atoms with Crippen LogP contribution in [0.3, 0.4) is 0 Å². The molecule has 1 heterocycles. The molecule has 1 aliphatic heterocycles. The standard InChI is InChI=1S/C21H33N5O2S.3C2H6/c1-3-17(25-20(28)14-18-16-29-21(22)26-18)10-6-4-9-13-24-15-19(27)11-7-5-8-12-23-2;3*1-2/h3,5-8,10-11,18-19,24,27H,2,4,9,12-16H2,1H3,(H2,22,26)(H,25,28);3*1-2H3/b8-5?,10-6-,11-7+,17-3+;;;/t18?,19-;;;/m1.../s1. The number of hydrogen-bond donors (Lipinski definition) is 4. The molecule has 0 radical (unpaired) electrons. The summed E-state index contributed by atoms with van der Waals surface area (Å²) in [5, 5.41) is 16.5. The van der Waals surface area contributed by atoms with E-state index in [1.807, 2.05) is 78.8 Å². The Bertz CT molecular complexity index is 658. The first-order valence-corrected chi connectivity index (χ1v) is 13.8. The molecule has 1 unspecified atom stereocenters. The van der Waals surface area contributed by atoms with Crippen molar-refractivity contribution >= 4 is 29.6 Å². The Kier molecular flexibility index (Phi) is 31.9. The Morgan fingerprint density at radius 3 is 2.51 bits per heavy atom. The second-order valence-corrected chi connectivity index (χ2v) is 7.50. The highest BCUT2D eigenvalue weighted by Gasteiger charge is 2.19. The molecule has 0 fully saturated rings. The van der Waals surface area contributed by atoms with Gasteiger partial charge in [-0.2, -0.15) is 0 Å². The fourth-order valence-electron chi connectivity index (χ4n) is 2.46. The highest BCUT2D eigenvalue weighted by atomic mass is 32.2. The molecule has 0 aromatic heterocycles. The molecular weight excluding hydrogens is 458 g/mol. The number of hydrogen-bond acceptors (Lipinski definition) is 7. The third-order valence-electron chi connectivity index (χ3n) is 3.94. The molecule has 0 bridgehead atoms. The van der Waals surface area contributed by atoms with Crippen LogP contribution in [0.25, 0.3) is 0 Å². The van der Waals surface area contributed by atoms with Gasteiger partial charge in [0.15, 0.2) is 5.17 Å². The van der Waals surface area contributed by atoms with E-state index in [0.717, 1.165) is 30.8 Å². The van der Waals surface area contributed by atoms with Gasteiger partial charge in [0.2, 0.25) is 5.91 Å². The summed E-state index contributed by atoms with van der Waals surface area (Å²) in [4.78, 5) is 20.0. The number of aliphatic hydroxyl groups excluding tert-OH is 1. The van der Waals surface area contributed by atoms with E-state index in [4.69, 9.17) is 5.73 Å². The zero-order valence-corrected chi connectivity index (χ0v) is 23.9. The summed E-state index contributed by atoms with van der Waals surface area (Å²) in [7, 11) is 0. The van der Waals surface area contributed by atoms with Crippen LogP contribution in [-0.2, 0) is 4.79 Å². The number of carbonyl (C=O) groups is 1. The van der Waals surface area contributed by atoms with E-state index in [9.17, 15) is 9.90 Å². The first-order chi connectivity index (χ1) is 17.0. The number of rotatable bonds is 14. The second-order valence-electron chi connectivity index (χ2n) is 6.46. The summed E-state index contributed by atoms with van der Waals surface area (Å²) in [6, 6.07) is -0.0291. The van der Waals surface area contributed by atoms with Crippen LogP contribution >= 0.6 is 11.8 Å². The lowest BCUT2D eigenvalue weighted by Crippen LogP contribution is -2.26. The summed E-state index contributed by atoms with van der Waals surface area (Å²) in [5.41, 5.74) is 6.41. The molecule has 35 heavy (non-hydrogen) atoms. The molecule has 1 amide bonds. The monoisotopic (exact) mass is 509 g/mol. The fourth-order valence-corrected chi connectivity index (χ4v) is 3.24. The number of thioether (sulfide) groups is 1. The van der Waals surface area contributed by atoms with Crippen molar-refractivity contribution in [3.8, 4) is 0 Å². The van der Waals surface area contributed by atoms with Crippen LogP contribution < -0.4 is 16.4 Å². The van der Waals surface area contributed by atoms with Crippen molar-refractivity contribution in [3.63, 3.8) is 0 Å². The van der Waals surface area contributed by atoms with Crippen molar-refractivity contribution in [3.05, 3.63) is 48.2 Å². The van der Waals surface area contributed by atoms with Crippen molar-refractivity contribution < 1.29 is 9.90 Å². The number of nitrogens with zero attached hydrogens (tertiary/aromatic N) is 2. The zero-order valence-electron chi connectivity index (χ0n) is 23.1. The predicted octanol–water partition coefficient (Wildman–Crippen LogP) is 5.01. The molecule has 202 valence electrons. The normalized spacial score (nSPS) is 15.9. The molecule has 8 heteroatoms. The van der Waals surface area contributed by atoms with E-state index in [-0.39, 0.29) is 11.9 Å². The summed E-state index contributed by atoms with van der Waals surface area (Å²) >= 11 is 1.49. The number of nitrogens with one attached hydrogen (secondary N) is 2. The van der Waals surface area contributed by atoms with E-state index < -0.39 is 6.10 Å². The maximum atomic E-state index is 12.1. The average Bonchev–Trinajstić information content (AvgIpc) is 3.30. The summed E-state index contributed by atoms with van der Waals surface area (Å²) in [5.74, 6) is 0.715. The van der Waals surface area contributed by atoms with Crippen LogP contribution in [0.5, 0.6) is 0 Å². The first-order valence-electron chi connectivity index (χ1n) is 12.8. The number of allylic oxidation sites excluding steroid dienone is 5. The molecule has 1 rings (SSSR count). The van der Waals surface area contributed by atoms with E-state index in [2.05, 4.69) is 27.3 Å². The Labute approximate surface area is 219 Å². The first kappa shape index (κ1) is 37.4. The molecular formula is C27H51N5O2S. The van der Waals surface area contributed by atoms with Crippen LogP contribution in [0, 0.1) is 0 Å². The van der Waals surface area contributed by atoms with Gasteiger partial charge in [-0.1, -0.05) is 89.8 Å². The molecule has 5 N–H and O–H groups in total. The number of aliphatic imine (C=N–C) groups is 2. The van der Waals surface area contributed by atoms with Crippen molar-refractivity contribution in [1.82, 2.24) is 10.6 Å². The molecule has 1 aliphatic rings. The number of aliphatic hydroxyl groups is 1. The number of amides is 1. The Morgan fingerprint density at radius 2 is 1.94 bits per heavy atom. The SMILES string of the molecule is C=NCC=C/C=C/[C@@H](O)CNCCC/C=C\C(=C/C)NC(=O)CC1CSC(N)=N1.CC.CC.CC. The topological polar surface area (TPSA) is 112 Å². The van der Waals surface area contributed by atoms with Gasteiger partial charge in [0.25, 0.3) is 0 Å². The van der Waals surface area contributed by atoms with Gasteiger partial charge >= 0.3 is 0 Å². The van der Waals surface area contributed by atoms with E-state index in [1.54, 1.807) is 12.2 Å². The van der Waals surface area contributed by atoms with Crippen molar-refractivity contribution in [2.75, 3.05) is 25.4 Å².